The van der Waals surface area contributed by atoms with Crippen LogP contribution in [0.15, 0.2) is 61.1 Å². The number of amides is 1. The summed E-state index contributed by atoms with van der Waals surface area (Å²) in [5.74, 6) is 0.126. The summed E-state index contributed by atoms with van der Waals surface area (Å²) in [5.41, 5.74) is 3.28. The summed E-state index contributed by atoms with van der Waals surface area (Å²) in [6.45, 7) is 2.42. The van der Waals surface area contributed by atoms with Crippen LogP contribution in [0.5, 0.6) is 0 Å². The van der Waals surface area contributed by atoms with Crippen molar-refractivity contribution in [3.05, 3.63) is 77.9 Å². The van der Waals surface area contributed by atoms with Gasteiger partial charge in [-0.2, -0.15) is 0 Å². The maximum atomic E-state index is 12.2. The maximum absolute atomic E-state index is 12.2. The molecule has 0 fully saturated rings. The molecule has 0 bridgehead atoms. The number of nitrogens with one attached hydrogen (secondary N) is 2. The zero-order valence-corrected chi connectivity index (χ0v) is 13.2. The molecule has 24 heavy (non-hydrogen) atoms. The predicted octanol–water partition coefficient (Wildman–Crippen LogP) is 2.85. The summed E-state index contributed by atoms with van der Waals surface area (Å²) in [7, 11) is 0. The quantitative estimate of drug-likeness (QED) is 0.756. The van der Waals surface area contributed by atoms with Crippen molar-refractivity contribution in [1.29, 1.82) is 0 Å². The highest BCUT2D eigenvalue weighted by Crippen LogP contribution is 2.13. The first-order chi connectivity index (χ1) is 11.7. The van der Waals surface area contributed by atoms with Crippen LogP contribution in [0.2, 0.25) is 0 Å². The van der Waals surface area contributed by atoms with Gasteiger partial charge >= 0.3 is 0 Å². The highest BCUT2D eigenvalue weighted by atomic mass is 16.1. The van der Waals surface area contributed by atoms with Crippen LogP contribution in [0.1, 0.15) is 21.6 Å². The molecule has 2 heterocycles. The van der Waals surface area contributed by atoms with Gasteiger partial charge in [-0.25, -0.2) is 9.97 Å². The molecule has 0 saturated carbocycles. The van der Waals surface area contributed by atoms with E-state index in [4.69, 9.17) is 0 Å². The Balaban J connectivity index is 1.65. The molecule has 0 unspecified atom stereocenters. The largest absolute Gasteiger partial charge is 0.347 e. The average molecular weight is 319 g/mol. The van der Waals surface area contributed by atoms with Crippen molar-refractivity contribution < 1.29 is 4.79 Å². The molecule has 0 radical (unpaired) electrons. The lowest BCUT2D eigenvalue weighted by molar-refractivity contribution is 0.0946. The second-order valence-electron chi connectivity index (χ2n) is 5.30. The van der Waals surface area contributed by atoms with Crippen LogP contribution >= 0.6 is 0 Å². The normalized spacial score (nSPS) is 10.2. The van der Waals surface area contributed by atoms with Crippen molar-refractivity contribution >= 4 is 17.5 Å². The molecular formula is C18H17N5O. The highest BCUT2D eigenvalue weighted by Gasteiger charge is 2.09. The van der Waals surface area contributed by atoms with E-state index >= 15 is 0 Å². The first kappa shape index (κ1) is 15.6. The third-order valence-corrected chi connectivity index (χ3v) is 3.37. The molecule has 2 N–H and O–H groups in total. The number of pyridine rings is 1. The number of carbonyl (C=O) groups is 1. The third-order valence-electron chi connectivity index (χ3n) is 3.37. The van der Waals surface area contributed by atoms with E-state index in [1.807, 2.05) is 43.3 Å². The maximum Gasteiger partial charge on any atom is 0.270 e. The molecular weight excluding hydrogens is 302 g/mol. The van der Waals surface area contributed by atoms with Crippen LogP contribution in [-0.2, 0) is 6.54 Å². The molecule has 3 aromatic rings. The van der Waals surface area contributed by atoms with Crippen LogP contribution in [0.3, 0.4) is 0 Å². The second-order valence-corrected chi connectivity index (χ2v) is 5.30. The Morgan fingerprint density at radius 3 is 2.67 bits per heavy atom. The van der Waals surface area contributed by atoms with Gasteiger partial charge in [0.05, 0.1) is 0 Å². The molecule has 6 nitrogen and oxygen atoms in total. The van der Waals surface area contributed by atoms with Crippen molar-refractivity contribution in [2.45, 2.75) is 13.5 Å². The molecule has 6 heteroatoms. The van der Waals surface area contributed by atoms with Crippen molar-refractivity contribution in [2.75, 3.05) is 5.32 Å². The van der Waals surface area contributed by atoms with Crippen molar-refractivity contribution in [3.63, 3.8) is 0 Å². The van der Waals surface area contributed by atoms with E-state index in [-0.39, 0.29) is 5.91 Å². The molecule has 0 aliphatic carbocycles. The number of rotatable bonds is 5. The van der Waals surface area contributed by atoms with Gasteiger partial charge in [-0.1, -0.05) is 23.8 Å². The SMILES string of the molecule is Cc1ccc(Nc2nccc(C(=O)NCc3cccnc3)n2)cc1. The standard InChI is InChI=1S/C18H17N5O/c1-13-4-6-15(7-5-13)22-18-20-10-8-16(23-18)17(24)21-12-14-3-2-9-19-11-14/h2-11H,12H2,1H3,(H,21,24)(H,20,22,23). The Morgan fingerprint density at radius 1 is 1.08 bits per heavy atom. The Hall–Kier alpha value is -3.28. The number of carbonyl (C=O) groups excluding carboxylic acids is 1. The Bertz CT molecular complexity index is 818. The van der Waals surface area contributed by atoms with Crippen molar-refractivity contribution in [3.8, 4) is 0 Å². The minimum atomic E-state index is -0.256. The van der Waals surface area contributed by atoms with Gasteiger partial charge in [-0.15, -0.1) is 0 Å². The molecule has 0 aliphatic heterocycles. The van der Waals surface area contributed by atoms with E-state index in [2.05, 4.69) is 25.6 Å². The molecule has 1 aromatic carbocycles. The third kappa shape index (κ3) is 4.13. The number of hydrogen-bond donors (Lipinski definition) is 2. The van der Waals surface area contributed by atoms with E-state index in [0.29, 0.717) is 18.2 Å². The lowest BCUT2D eigenvalue weighted by Gasteiger charge is -2.07. The lowest BCUT2D eigenvalue weighted by atomic mass is 10.2. The summed E-state index contributed by atoms with van der Waals surface area (Å²) in [6.07, 6.45) is 4.96. The predicted molar refractivity (Wildman–Crippen MR) is 91.9 cm³/mol. The molecule has 0 saturated heterocycles. The van der Waals surface area contributed by atoms with E-state index in [1.165, 1.54) is 5.56 Å². The van der Waals surface area contributed by atoms with Gasteiger partial charge in [0.15, 0.2) is 0 Å². The van der Waals surface area contributed by atoms with Crippen LogP contribution in [0, 0.1) is 6.92 Å². The number of aryl methyl sites for hydroxylation is 1. The van der Waals surface area contributed by atoms with E-state index < -0.39 is 0 Å². The summed E-state index contributed by atoms with van der Waals surface area (Å²) in [5, 5.41) is 5.90. The van der Waals surface area contributed by atoms with Crippen LogP contribution in [-0.4, -0.2) is 20.9 Å². The minimum Gasteiger partial charge on any atom is -0.347 e. The van der Waals surface area contributed by atoms with Gasteiger partial charge in [0.25, 0.3) is 5.91 Å². The van der Waals surface area contributed by atoms with Gasteiger partial charge in [-0.05, 0) is 36.8 Å². The highest BCUT2D eigenvalue weighted by molar-refractivity contribution is 5.92. The molecule has 3 rings (SSSR count). The average Bonchev–Trinajstić information content (AvgIpc) is 2.63. The summed E-state index contributed by atoms with van der Waals surface area (Å²) in [4.78, 5) is 24.6. The first-order valence-corrected chi connectivity index (χ1v) is 7.54. The monoisotopic (exact) mass is 319 g/mol. The zero-order valence-electron chi connectivity index (χ0n) is 13.2. The second kappa shape index (κ2) is 7.32. The Morgan fingerprint density at radius 2 is 1.92 bits per heavy atom. The molecule has 0 aliphatic rings. The Labute approximate surface area is 140 Å². The number of benzene rings is 1. The fourth-order valence-electron chi connectivity index (χ4n) is 2.09. The lowest BCUT2D eigenvalue weighted by Crippen LogP contribution is -2.24. The van der Waals surface area contributed by atoms with Gasteiger partial charge in [0.2, 0.25) is 5.95 Å². The summed E-state index contributed by atoms with van der Waals surface area (Å²) < 4.78 is 0. The molecule has 1 amide bonds. The molecule has 120 valence electrons. The number of hydrogen-bond acceptors (Lipinski definition) is 5. The van der Waals surface area contributed by atoms with Crippen molar-refractivity contribution in [2.24, 2.45) is 0 Å². The van der Waals surface area contributed by atoms with E-state index in [1.54, 1.807) is 24.7 Å². The van der Waals surface area contributed by atoms with Gasteiger partial charge < -0.3 is 10.6 Å². The topological polar surface area (TPSA) is 79.8 Å². The minimum absolute atomic E-state index is 0.256. The number of aromatic nitrogens is 3. The fourth-order valence-corrected chi connectivity index (χ4v) is 2.09. The molecule has 2 aromatic heterocycles. The molecule has 0 atom stereocenters. The molecule has 0 spiro atoms. The number of nitrogens with zero attached hydrogens (tertiary/aromatic N) is 3. The first-order valence-electron chi connectivity index (χ1n) is 7.54. The van der Waals surface area contributed by atoms with E-state index in [9.17, 15) is 4.79 Å². The smallest absolute Gasteiger partial charge is 0.270 e. The van der Waals surface area contributed by atoms with Gasteiger partial charge in [0.1, 0.15) is 5.69 Å². The summed E-state index contributed by atoms with van der Waals surface area (Å²) in [6, 6.07) is 13.2. The van der Waals surface area contributed by atoms with Gasteiger partial charge in [0, 0.05) is 30.8 Å². The van der Waals surface area contributed by atoms with E-state index in [0.717, 1.165) is 11.3 Å². The van der Waals surface area contributed by atoms with Crippen LogP contribution in [0.25, 0.3) is 0 Å². The fraction of sp³-hybridized carbons (Fsp3) is 0.111. The summed E-state index contributed by atoms with van der Waals surface area (Å²) >= 11 is 0. The zero-order chi connectivity index (χ0) is 16.8. The number of anilines is 2. The van der Waals surface area contributed by atoms with Crippen molar-refractivity contribution in [1.82, 2.24) is 20.3 Å². The Kier molecular flexibility index (Phi) is 4.76. The van der Waals surface area contributed by atoms with Crippen LogP contribution < -0.4 is 10.6 Å². The van der Waals surface area contributed by atoms with Crippen LogP contribution in [0.4, 0.5) is 11.6 Å². The van der Waals surface area contributed by atoms with Gasteiger partial charge in [-0.3, -0.25) is 9.78 Å².